The zero-order valence-corrected chi connectivity index (χ0v) is 18.3. The number of fused-ring (bicyclic) bond motifs is 1. The van der Waals surface area contributed by atoms with Crippen LogP contribution >= 0.6 is 11.3 Å². The van der Waals surface area contributed by atoms with Crippen molar-refractivity contribution in [3.8, 4) is 10.6 Å². The van der Waals surface area contributed by atoms with Gasteiger partial charge in [0.1, 0.15) is 5.69 Å². The summed E-state index contributed by atoms with van der Waals surface area (Å²) in [5.74, 6) is 0.433. The van der Waals surface area contributed by atoms with Crippen molar-refractivity contribution in [2.75, 3.05) is 44.7 Å². The lowest BCUT2D eigenvalue weighted by Gasteiger charge is -2.26. The monoisotopic (exact) mass is 448 g/mol. The number of aromatic nitrogens is 3. The number of benzene rings is 1. The number of thiophene rings is 1. The molecule has 1 saturated heterocycles. The van der Waals surface area contributed by atoms with Gasteiger partial charge in [-0.2, -0.15) is 0 Å². The third kappa shape index (κ3) is 4.80. The predicted molar refractivity (Wildman–Crippen MR) is 127 cm³/mol. The van der Waals surface area contributed by atoms with Crippen LogP contribution in [0.2, 0.25) is 0 Å². The highest BCUT2D eigenvalue weighted by atomic mass is 32.1. The van der Waals surface area contributed by atoms with Crippen LogP contribution < -0.4 is 10.6 Å². The van der Waals surface area contributed by atoms with E-state index in [1.807, 2.05) is 47.8 Å². The highest BCUT2D eigenvalue weighted by Gasteiger charge is 2.13. The van der Waals surface area contributed by atoms with Crippen LogP contribution in [-0.4, -0.2) is 65.2 Å². The first kappa shape index (κ1) is 20.6. The van der Waals surface area contributed by atoms with E-state index in [-0.39, 0.29) is 5.91 Å². The number of morpholine rings is 1. The molecule has 1 fully saturated rings. The minimum Gasteiger partial charge on any atom is -0.379 e. The number of nitrogens with one attached hydrogen (secondary N) is 3. The van der Waals surface area contributed by atoms with Gasteiger partial charge in [0.25, 0.3) is 5.91 Å². The molecule has 32 heavy (non-hydrogen) atoms. The van der Waals surface area contributed by atoms with Gasteiger partial charge in [-0.05, 0) is 41.8 Å². The second-order valence-electron chi connectivity index (χ2n) is 7.56. The maximum absolute atomic E-state index is 12.6. The van der Waals surface area contributed by atoms with E-state index in [0.29, 0.717) is 18.2 Å². The highest BCUT2D eigenvalue weighted by molar-refractivity contribution is 7.13. The maximum Gasteiger partial charge on any atom is 0.267 e. The SMILES string of the molecule is O=C(NCCN1CCOCC1)c1cc2cc(Nc3nccc(-c4cccs4)n3)ccc2[nH]1. The molecule has 0 aliphatic carbocycles. The first-order valence-corrected chi connectivity index (χ1v) is 11.5. The molecule has 1 aliphatic rings. The third-order valence-electron chi connectivity index (χ3n) is 5.37. The number of aromatic amines is 1. The molecule has 3 N–H and O–H groups in total. The van der Waals surface area contributed by atoms with E-state index in [1.165, 1.54) is 0 Å². The summed E-state index contributed by atoms with van der Waals surface area (Å²) < 4.78 is 5.35. The van der Waals surface area contributed by atoms with Crippen LogP contribution in [0.25, 0.3) is 21.5 Å². The van der Waals surface area contributed by atoms with E-state index in [4.69, 9.17) is 4.74 Å². The summed E-state index contributed by atoms with van der Waals surface area (Å²) in [6.45, 7) is 4.79. The number of hydrogen-bond donors (Lipinski definition) is 3. The van der Waals surface area contributed by atoms with Gasteiger partial charge in [-0.25, -0.2) is 9.97 Å². The predicted octanol–water partition coefficient (Wildman–Crippen LogP) is 3.49. The van der Waals surface area contributed by atoms with E-state index in [1.54, 1.807) is 17.5 Å². The van der Waals surface area contributed by atoms with Crippen LogP contribution in [0.4, 0.5) is 11.6 Å². The summed E-state index contributed by atoms with van der Waals surface area (Å²) in [6, 6.07) is 13.7. The Labute approximate surface area is 189 Å². The second-order valence-corrected chi connectivity index (χ2v) is 8.51. The number of ether oxygens (including phenoxy) is 1. The molecule has 5 rings (SSSR count). The van der Waals surface area contributed by atoms with Crippen molar-refractivity contribution >= 4 is 39.8 Å². The average Bonchev–Trinajstić information content (AvgIpc) is 3.50. The van der Waals surface area contributed by atoms with Crippen LogP contribution in [0.1, 0.15) is 10.5 Å². The van der Waals surface area contributed by atoms with Crippen LogP contribution in [0.15, 0.2) is 54.0 Å². The molecule has 164 valence electrons. The maximum atomic E-state index is 12.6. The fourth-order valence-corrected chi connectivity index (χ4v) is 4.39. The van der Waals surface area contributed by atoms with Crippen molar-refractivity contribution in [3.05, 3.63) is 59.7 Å². The molecule has 8 nitrogen and oxygen atoms in total. The van der Waals surface area contributed by atoms with Crippen LogP contribution in [-0.2, 0) is 4.74 Å². The number of carbonyl (C=O) groups is 1. The molecule has 0 radical (unpaired) electrons. The number of carbonyl (C=O) groups excluding carboxylic acids is 1. The summed E-state index contributed by atoms with van der Waals surface area (Å²) >= 11 is 1.64. The molecule has 0 atom stereocenters. The van der Waals surface area contributed by atoms with Gasteiger partial charge in [-0.15, -0.1) is 11.3 Å². The first-order chi connectivity index (χ1) is 15.7. The van der Waals surface area contributed by atoms with Crippen molar-refractivity contribution in [1.82, 2.24) is 25.2 Å². The van der Waals surface area contributed by atoms with Crippen LogP contribution in [0.5, 0.6) is 0 Å². The Kier molecular flexibility index (Phi) is 6.11. The van der Waals surface area contributed by atoms with E-state index < -0.39 is 0 Å². The van der Waals surface area contributed by atoms with Crippen LogP contribution in [0.3, 0.4) is 0 Å². The quantitative estimate of drug-likeness (QED) is 0.401. The fourth-order valence-electron chi connectivity index (χ4n) is 3.69. The fraction of sp³-hybridized carbons (Fsp3) is 0.261. The zero-order chi connectivity index (χ0) is 21.8. The summed E-state index contributed by atoms with van der Waals surface area (Å²) in [6.07, 6.45) is 1.75. The van der Waals surface area contributed by atoms with Gasteiger partial charge in [0.2, 0.25) is 5.95 Å². The summed E-state index contributed by atoms with van der Waals surface area (Å²) in [5, 5.41) is 9.23. The van der Waals surface area contributed by atoms with Gasteiger partial charge in [-0.3, -0.25) is 9.69 Å². The largest absolute Gasteiger partial charge is 0.379 e. The standard InChI is InChI=1S/C23H24N6O2S/c30-22(24-7-8-29-9-11-31-12-10-29)20-15-16-14-17(3-4-18(16)27-20)26-23-25-6-5-19(28-23)21-2-1-13-32-21/h1-6,13-15,27H,7-12H2,(H,24,30)(H,25,26,28). The number of amides is 1. The Hall–Kier alpha value is -3.27. The molecular formula is C23H24N6O2S. The van der Waals surface area contributed by atoms with Gasteiger partial charge in [0.05, 0.1) is 23.8 Å². The van der Waals surface area contributed by atoms with Crippen molar-refractivity contribution in [1.29, 1.82) is 0 Å². The third-order valence-corrected chi connectivity index (χ3v) is 6.26. The van der Waals surface area contributed by atoms with Gasteiger partial charge in [0.15, 0.2) is 0 Å². The molecule has 1 aromatic carbocycles. The van der Waals surface area contributed by atoms with Crippen LogP contribution in [0, 0.1) is 0 Å². The lowest BCUT2D eigenvalue weighted by atomic mass is 10.2. The number of hydrogen-bond acceptors (Lipinski definition) is 7. The lowest BCUT2D eigenvalue weighted by Crippen LogP contribution is -2.41. The van der Waals surface area contributed by atoms with Gasteiger partial charge in [-0.1, -0.05) is 6.07 Å². The molecule has 1 amide bonds. The molecular weight excluding hydrogens is 424 g/mol. The lowest BCUT2D eigenvalue weighted by molar-refractivity contribution is 0.0383. The first-order valence-electron chi connectivity index (χ1n) is 10.6. The number of H-pyrrole nitrogens is 1. The Morgan fingerprint density at radius 2 is 2.09 bits per heavy atom. The zero-order valence-electron chi connectivity index (χ0n) is 17.5. The topological polar surface area (TPSA) is 95.2 Å². The molecule has 0 unspecified atom stereocenters. The van der Waals surface area contributed by atoms with Gasteiger partial charge < -0.3 is 20.4 Å². The second kappa shape index (κ2) is 9.47. The summed E-state index contributed by atoms with van der Waals surface area (Å²) in [5.41, 5.74) is 3.20. The minimum atomic E-state index is -0.101. The van der Waals surface area contributed by atoms with Crippen molar-refractivity contribution in [3.63, 3.8) is 0 Å². The van der Waals surface area contributed by atoms with Crippen molar-refractivity contribution < 1.29 is 9.53 Å². The normalized spacial score (nSPS) is 14.5. The van der Waals surface area contributed by atoms with E-state index in [9.17, 15) is 4.79 Å². The number of rotatable bonds is 7. The Bertz CT molecular complexity index is 1200. The van der Waals surface area contributed by atoms with E-state index in [0.717, 1.165) is 60.0 Å². The minimum absolute atomic E-state index is 0.101. The molecule has 0 saturated carbocycles. The molecule has 4 heterocycles. The molecule has 3 aromatic heterocycles. The van der Waals surface area contributed by atoms with E-state index in [2.05, 4.69) is 30.5 Å². The molecule has 1 aliphatic heterocycles. The average molecular weight is 449 g/mol. The number of anilines is 2. The highest BCUT2D eigenvalue weighted by Crippen LogP contribution is 2.25. The van der Waals surface area contributed by atoms with Gasteiger partial charge >= 0.3 is 0 Å². The van der Waals surface area contributed by atoms with Crippen molar-refractivity contribution in [2.24, 2.45) is 0 Å². The molecule has 9 heteroatoms. The summed E-state index contributed by atoms with van der Waals surface area (Å²) in [4.78, 5) is 28.1. The Morgan fingerprint density at radius 1 is 1.19 bits per heavy atom. The Morgan fingerprint density at radius 3 is 2.94 bits per heavy atom. The van der Waals surface area contributed by atoms with E-state index >= 15 is 0 Å². The Balaban J connectivity index is 1.24. The molecule has 0 bridgehead atoms. The molecule has 4 aromatic rings. The van der Waals surface area contributed by atoms with Crippen molar-refractivity contribution in [2.45, 2.75) is 0 Å². The smallest absolute Gasteiger partial charge is 0.267 e. The molecule has 0 spiro atoms. The number of nitrogens with zero attached hydrogens (tertiary/aromatic N) is 3. The summed E-state index contributed by atoms with van der Waals surface area (Å²) in [7, 11) is 0. The van der Waals surface area contributed by atoms with Gasteiger partial charge in [0, 0.05) is 49.0 Å².